The molecule has 0 saturated carbocycles. The molecule has 1 aliphatic heterocycles. The van der Waals surface area contributed by atoms with Crippen LogP contribution in [-0.2, 0) is 0 Å². The first-order chi connectivity index (χ1) is 6.27. The van der Waals surface area contributed by atoms with E-state index in [1.54, 1.807) is 18.2 Å². The third kappa shape index (κ3) is 1.59. The Morgan fingerprint density at radius 2 is 1.92 bits per heavy atom. The second-order valence-electron chi connectivity index (χ2n) is 2.91. The zero-order valence-electron chi connectivity index (χ0n) is 7.37. The fourth-order valence-corrected chi connectivity index (χ4v) is 1.26. The van der Waals surface area contributed by atoms with Gasteiger partial charge in [-0.05, 0) is 6.07 Å². The minimum absolute atomic E-state index is 0.0389. The summed E-state index contributed by atoms with van der Waals surface area (Å²) in [5.41, 5.74) is 0.657. The molecule has 4 heteroatoms. The summed E-state index contributed by atoms with van der Waals surface area (Å²) in [6.07, 6.45) is 0. The van der Waals surface area contributed by atoms with Gasteiger partial charge in [-0.3, -0.25) is 0 Å². The van der Waals surface area contributed by atoms with E-state index in [2.05, 4.69) is 0 Å². The van der Waals surface area contributed by atoms with E-state index >= 15 is 0 Å². The summed E-state index contributed by atoms with van der Waals surface area (Å²) in [5, 5.41) is 11.1. The summed E-state index contributed by atoms with van der Waals surface area (Å²) in [5.74, 6) is 1.38. The van der Waals surface area contributed by atoms with E-state index in [0.717, 1.165) is 5.75 Å². The van der Waals surface area contributed by atoms with Gasteiger partial charge in [0.05, 0.1) is 7.05 Å². The van der Waals surface area contributed by atoms with Crippen LogP contribution in [0.1, 0.15) is 0 Å². The number of nitrogens with one attached hydrogen (secondary N) is 1. The zero-order valence-corrected chi connectivity index (χ0v) is 7.37. The van der Waals surface area contributed by atoms with Crippen molar-refractivity contribution < 1.29 is 14.5 Å². The topological polar surface area (TPSA) is 46.0 Å². The minimum Gasteiger partial charge on any atom is -0.629 e. The van der Waals surface area contributed by atoms with Crippen molar-refractivity contribution in [3.05, 3.63) is 23.4 Å². The van der Waals surface area contributed by atoms with Crippen molar-refractivity contribution in [3.63, 3.8) is 0 Å². The molecule has 0 aromatic heterocycles. The fourth-order valence-electron chi connectivity index (χ4n) is 1.26. The van der Waals surface area contributed by atoms with E-state index in [0.29, 0.717) is 24.7 Å². The largest absolute Gasteiger partial charge is 0.629 e. The third-order valence-electron chi connectivity index (χ3n) is 1.95. The Balaban J connectivity index is 2.35. The van der Waals surface area contributed by atoms with Gasteiger partial charge in [-0.15, -0.1) is 0 Å². The van der Waals surface area contributed by atoms with Gasteiger partial charge in [0.25, 0.3) is 0 Å². The maximum atomic E-state index is 11.0. The van der Waals surface area contributed by atoms with Gasteiger partial charge in [-0.25, -0.2) is 0 Å². The number of ether oxygens (including phenoxy) is 2. The SMILES string of the molecule is C[NH+]([O-])c1ccc2c(c1)OCCO2. The molecule has 70 valence electrons. The molecule has 1 N–H and O–H groups in total. The second kappa shape index (κ2) is 3.24. The summed E-state index contributed by atoms with van der Waals surface area (Å²) >= 11 is 0. The van der Waals surface area contributed by atoms with Crippen LogP contribution in [0, 0.1) is 5.21 Å². The number of benzene rings is 1. The lowest BCUT2D eigenvalue weighted by Gasteiger charge is -2.21. The highest BCUT2D eigenvalue weighted by Crippen LogP contribution is 2.31. The van der Waals surface area contributed by atoms with E-state index in [1.165, 1.54) is 7.05 Å². The highest BCUT2D eigenvalue weighted by Gasteiger charge is 2.12. The van der Waals surface area contributed by atoms with Crippen molar-refractivity contribution in [2.24, 2.45) is 0 Å². The maximum absolute atomic E-state index is 11.0. The third-order valence-corrected chi connectivity index (χ3v) is 1.95. The molecule has 1 unspecified atom stereocenters. The Kier molecular flexibility index (Phi) is 2.08. The van der Waals surface area contributed by atoms with Crippen LogP contribution >= 0.6 is 0 Å². The molecule has 1 atom stereocenters. The maximum Gasteiger partial charge on any atom is 0.167 e. The van der Waals surface area contributed by atoms with E-state index in [4.69, 9.17) is 9.47 Å². The van der Waals surface area contributed by atoms with Gasteiger partial charge in [0.15, 0.2) is 11.5 Å². The predicted octanol–water partition coefficient (Wildman–Crippen LogP) is 0.102. The summed E-state index contributed by atoms with van der Waals surface area (Å²) < 4.78 is 10.7. The van der Waals surface area contributed by atoms with Gasteiger partial charge >= 0.3 is 0 Å². The lowest BCUT2D eigenvalue weighted by molar-refractivity contribution is -0.751. The molecule has 0 spiro atoms. The van der Waals surface area contributed by atoms with Gasteiger partial charge in [-0.2, -0.15) is 0 Å². The van der Waals surface area contributed by atoms with Crippen molar-refractivity contribution in [1.82, 2.24) is 0 Å². The van der Waals surface area contributed by atoms with Crippen molar-refractivity contribution in [2.75, 3.05) is 20.3 Å². The van der Waals surface area contributed by atoms with Gasteiger partial charge in [0.2, 0.25) is 0 Å². The van der Waals surface area contributed by atoms with Crippen molar-refractivity contribution in [2.45, 2.75) is 0 Å². The zero-order chi connectivity index (χ0) is 9.26. The lowest BCUT2D eigenvalue weighted by Crippen LogP contribution is -2.98. The number of hydrogen-bond donors (Lipinski definition) is 1. The lowest BCUT2D eigenvalue weighted by atomic mass is 10.2. The predicted molar refractivity (Wildman–Crippen MR) is 47.3 cm³/mol. The Hall–Kier alpha value is -1.26. The average Bonchev–Trinajstić information content (AvgIpc) is 2.17. The van der Waals surface area contributed by atoms with Crippen LogP contribution in [0.15, 0.2) is 18.2 Å². The molecule has 4 nitrogen and oxygen atoms in total. The van der Waals surface area contributed by atoms with Crippen LogP contribution in [0.2, 0.25) is 0 Å². The highest BCUT2D eigenvalue weighted by atomic mass is 16.6. The van der Waals surface area contributed by atoms with Crippen LogP contribution in [0.3, 0.4) is 0 Å². The molecular formula is C9H11NO3. The van der Waals surface area contributed by atoms with Crippen LogP contribution in [0.4, 0.5) is 5.69 Å². The summed E-state index contributed by atoms with van der Waals surface area (Å²) in [6.45, 7) is 1.13. The molecule has 1 aromatic rings. The molecule has 1 aromatic carbocycles. The smallest absolute Gasteiger partial charge is 0.167 e. The normalized spacial score (nSPS) is 16.8. The van der Waals surface area contributed by atoms with Crippen LogP contribution in [-0.4, -0.2) is 20.3 Å². The first-order valence-corrected chi connectivity index (χ1v) is 4.18. The van der Waals surface area contributed by atoms with Gasteiger partial charge in [-0.1, -0.05) is 0 Å². The average molecular weight is 181 g/mol. The molecule has 0 fully saturated rings. The van der Waals surface area contributed by atoms with E-state index in [-0.39, 0.29) is 5.06 Å². The Bertz CT molecular complexity index is 312. The van der Waals surface area contributed by atoms with E-state index in [1.807, 2.05) is 0 Å². The Labute approximate surface area is 76.3 Å². The number of fused-ring (bicyclic) bond motifs is 1. The van der Waals surface area contributed by atoms with Crippen LogP contribution in [0.5, 0.6) is 11.5 Å². The van der Waals surface area contributed by atoms with Crippen LogP contribution in [0.25, 0.3) is 0 Å². The number of hydrogen-bond acceptors (Lipinski definition) is 3. The monoisotopic (exact) mass is 181 g/mol. The van der Waals surface area contributed by atoms with Crippen molar-refractivity contribution >= 4 is 5.69 Å². The molecule has 13 heavy (non-hydrogen) atoms. The van der Waals surface area contributed by atoms with Crippen molar-refractivity contribution in [3.8, 4) is 11.5 Å². The molecule has 0 aliphatic carbocycles. The molecule has 0 radical (unpaired) electrons. The van der Waals surface area contributed by atoms with Gasteiger partial charge in [0, 0.05) is 12.1 Å². The van der Waals surface area contributed by atoms with Gasteiger partial charge in [0.1, 0.15) is 18.9 Å². The van der Waals surface area contributed by atoms with Crippen LogP contribution < -0.4 is 14.5 Å². The second-order valence-corrected chi connectivity index (χ2v) is 2.91. The van der Waals surface area contributed by atoms with E-state index in [9.17, 15) is 5.21 Å². The van der Waals surface area contributed by atoms with Crippen molar-refractivity contribution in [1.29, 1.82) is 0 Å². The van der Waals surface area contributed by atoms with Gasteiger partial charge < -0.3 is 19.7 Å². The quantitative estimate of drug-likeness (QED) is 0.625. The minimum atomic E-state index is 0.0389. The summed E-state index contributed by atoms with van der Waals surface area (Å²) in [6, 6.07) is 5.23. The molecule has 1 aliphatic rings. The first-order valence-electron chi connectivity index (χ1n) is 4.18. The number of hydroxylamine groups is 1. The highest BCUT2D eigenvalue weighted by molar-refractivity contribution is 5.48. The molecule has 1 heterocycles. The molecule has 2 rings (SSSR count). The first kappa shape index (κ1) is 8.34. The summed E-state index contributed by atoms with van der Waals surface area (Å²) in [4.78, 5) is 0. The number of quaternary nitrogens is 1. The molecule has 0 bridgehead atoms. The fraction of sp³-hybridized carbons (Fsp3) is 0.333. The standard InChI is InChI=1S/C9H11NO3/c1-10(11)7-2-3-8-9(6-7)13-5-4-12-8/h2-3,6,10H,4-5H2,1H3. The molecular weight excluding hydrogens is 170 g/mol. The molecule has 0 saturated heterocycles. The summed E-state index contributed by atoms with van der Waals surface area (Å²) in [7, 11) is 1.53. The number of rotatable bonds is 1. The van der Waals surface area contributed by atoms with E-state index < -0.39 is 0 Å². The molecule has 0 amide bonds. The Morgan fingerprint density at radius 3 is 2.62 bits per heavy atom. The Morgan fingerprint density at radius 1 is 1.23 bits per heavy atom.